The summed E-state index contributed by atoms with van der Waals surface area (Å²) in [6.45, 7) is 9.68. The molecule has 194 valence electrons. The average Bonchev–Trinajstić information content (AvgIpc) is 3.27. The van der Waals surface area contributed by atoms with Gasteiger partial charge in [-0.25, -0.2) is 0 Å². The van der Waals surface area contributed by atoms with Crippen LogP contribution in [0.1, 0.15) is 68.3 Å². The third-order valence-corrected chi connectivity index (χ3v) is 7.53. The summed E-state index contributed by atoms with van der Waals surface area (Å²) in [7, 11) is 0. The van der Waals surface area contributed by atoms with Gasteiger partial charge < -0.3 is 19.5 Å². The monoisotopic (exact) mass is 509 g/mol. The highest BCUT2D eigenvalue weighted by molar-refractivity contribution is 6.30. The first-order valence-corrected chi connectivity index (χ1v) is 14.0. The van der Waals surface area contributed by atoms with Crippen molar-refractivity contribution in [1.82, 2.24) is 14.8 Å². The number of benzene rings is 2. The maximum Gasteiger partial charge on any atom is 0.253 e. The Balaban J connectivity index is 1.43. The predicted octanol–water partition coefficient (Wildman–Crippen LogP) is 6.92. The molecule has 0 saturated carbocycles. The SMILES string of the molecule is CCCCC1CCN(CCCn2cc(C(=O)NCc3cccc(Cl)c3)c3cccc(OCC)c32)CC1. The van der Waals surface area contributed by atoms with Gasteiger partial charge in [-0.1, -0.05) is 62.1 Å². The fourth-order valence-corrected chi connectivity index (χ4v) is 5.55. The van der Waals surface area contributed by atoms with Gasteiger partial charge >= 0.3 is 0 Å². The van der Waals surface area contributed by atoms with Gasteiger partial charge in [-0.3, -0.25) is 4.79 Å². The van der Waals surface area contributed by atoms with E-state index in [1.165, 1.54) is 45.2 Å². The molecule has 1 aromatic heterocycles. The number of aromatic nitrogens is 1. The Hall–Kier alpha value is -2.50. The zero-order valence-electron chi connectivity index (χ0n) is 21.8. The Morgan fingerprint density at radius 1 is 1.08 bits per heavy atom. The lowest BCUT2D eigenvalue weighted by Crippen LogP contribution is -2.34. The van der Waals surface area contributed by atoms with Crippen LogP contribution in [0.5, 0.6) is 5.75 Å². The van der Waals surface area contributed by atoms with Crippen LogP contribution in [0.4, 0.5) is 0 Å². The Labute approximate surface area is 220 Å². The number of likely N-dealkylation sites (tertiary alicyclic amines) is 1. The van der Waals surface area contributed by atoms with E-state index in [4.69, 9.17) is 16.3 Å². The van der Waals surface area contributed by atoms with Crippen molar-refractivity contribution in [2.75, 3.05) is 26.2 Å². The second-order valence-electron chi connectivity index (χ2n) is 9.91. The molecule has 0 radical (unpaired) electrons. The van der Waals surface area contributed by atoms with E-state index in [2.05, 4.69) is 21.7 Å². The molecule has 6 heteroatoms. The maximum atomic E-state index is 13.2. The third kappa shape index (κ3) is 6.83. The number of nitrogens with zero attached hydrogens (tertiary/aromatic N) is 2. The average molecular weight is 510 g/mol. The smallest absolute Gasteiger partial charge is 0.253 e. The number of fused-ring (bicyclic) bond motifs is 1. The molecule has 0 atom stereocenters. The van der Waals surface area contributed by atoms with E-state index in [1.54, 1.807) is 0 Å². The lowest BCUT2D eigenvalue weighted by Gasteiger charge is -2.32. The highest BCUT2D eigenvalue weighted by Gasteiger charge is 2.20. The highest BCUT2D eigenvalue weighted by Crippen LogP contribution is 2.31. The predicted molar refractivity (Wildman–Crippen MR) is 149 cm³/mol. The summed E-state index contributed by atoms with van der Waals surface area (Å²) < 4.78 is 8.17. The van der Waals surface area contributed by atoms with E-state index < -0.39 is 0 Å². The number of aryl methyl sites for hydroxylation is 1. The van der Waals surface area contributed by atoms with E-state index in [-0.39, 0.29) is 5.91 Å². The van der Waals surface area contributed by atoms with Gasteiger partial charge in [-0.15, -0.1) is 0 Å². The van der Waals surface area contributed by atoms with Crippen molar-refractivity contribution in [3.8, 4) is 5.75 Å². The minimum atomic E-state index is -0.0819. The third-order valence-electron chi connectivity index (χ3n) is 7.29. The number of amides is 1. The zero-order chi connectivity index (χ0) is 25.3. The summed E-state index contributed by atoms with van der Waals surface area (Å²) in [6.07, 6.45) is 9.76. The Bertz CT molecular complexity index is 1130. The molecule has 1 aliphatic rings. The summed E-state index contributed by atoms with van der Waals surface area (Å²) in [4.78, 5) is 15.8. The molecule has 1 fully saturated rings. The van der Waals surface area contributed by atoms with Gasteiger partial charge in [0.25, 0.3) is 5.91 Å². The molecule has 0 aliphatic carbocycles. The highest BCUT2D eigenvalue weighted by atomic mass is 35.5. The van der Waals surface area contributed by atoms with Crippen molar-refractivity contribution in [3.05, 3.63) is 64.8 Å². The standard InChI is InChI=1S/C30H40ClN3O2/c1-3-5-9-23-14-18-33(19-15-23)16-8-17-34-22-27(26-12-7-13-28(29(26)34)36-4-2)30(35)32-21-24-10-6-11-25(31)20-24/h6-7,10-13,20,22-23H,3-5,8-9,14-19,21H2,1-2H3,(H,32,35). The van der Waals surface area contributed by atoms with Gasteiger partial charge in [0.1, 0.15) is 5.75 Å². The topological polar surface area (TPSA) is 46.5 Å². The number of para-hydroxylation sites is 1. The number of piperidine rings is 1. The molecule has 0 unspecified atom stereocenters. The van der Waals surface area contributed by atoms with Crippen LogP contribution in [0, 0.1) is 5.92 Å². The molecular formula is C30H40ClN3O2. The second-order valence-corrected chi connectivity index (χ2v) is 10.4. The van der Waals surface area contributed by atoms with E-state index in [9.17, 15) is 4.79 Å². The van der Waals surface area contributed by atoms with Crippen LogP contribution in [0.3, 0.4) is 0 Å². The number of unbranched alkanes of at least 4 members (excludes halogenated alkanes) is 1. The number of rotatable bonds is 12. The molecule has 3 aromatic rings. The van der Waals surface area contributed by atoms with Gasteiger partial charge in [-0.2, -0.15) is 0 Å². The summed E-state index contributed by atoms with van der Waals surface area (Å²) >= 11 is 6.10. The molecule has 1 aliphatic heterocycles. The molecule has 4 rings (SSSR count). The number of halogens is 1. The number of hydrogen-bond donors (Lipinski definition) is 1. The molecule has 2 heterocycles. The van der Waals surface area contributed by atoms with E-state index in [0.29, 0.717) is 23.7 Å². The minimum Gasteiger partial charge on any atom is -0.492 e. The Morgan fingerprint density at radius 2 is 1.89 bits per heavy atom. The van der Waals surface area contributed by atoms with Crippen molar-refractivity contribution in [1.29, 1.82) is 0 Å². The van der Waals surface area contributed by atoms with E-state index in [0.717, 1.165) is 47.6 Å². The largest absolute Gasteiger partial charge is 0.492 e. The van der Waals surface area contributed by atoms with E-state index >= 15 is 0 Å². The quantitative estimate of drug-likeness (QED) is 0.288. The molecule has 36 heavy (non-hydrogen) atoms. The number of ether oxygens (including phenoxy) is 1. The van der Waals surface area contributed by atoms with Gasteiger partial charge in [0.2, 0.25) is 0 Å². The molecule has 0 spiro atoms. The number of carbonyl (C=O) groups is 1. The van der Waals surface area contributed by atoms with Crippen LogP contribution in [0.15, 0.2) is 48.7 Å². The number of nitrogens with one attached hydrogen (secondary N) is 1. The summed E-state index contributed by atoms with van der Waals surface area (Å²) in [6, 6.07) is 13.6. The van der Waals surface area contributed by atoms with Crippen molar-refractivity contribution in [2.45, 2.75) is 65.5 Å². The lowest BCUT2D eigenvalue weighted by atomic mass is 9.91. The van der Waals surface area contributed by atoms with Gasteiger partial charge in [0, 0.05) is 29.7 Å². The molecule has 1 saturated heterocycles. The van der Waals surface area contributed by atoms with Crippen molar-refractivity contribution in [2.24, 2.45) is 5.92 Å². The summed E-state index contributed by atoms with van der Waals surface area (Å²) in [5.74, 6) is 1.67. The molecule has 1 N–H and O–H groups in total. The number of hydrogen-bond acceptors (Lipinski definition) is 3. The van der Waals surface area contributed by atoms with Crippen molar-refractivity contribution in [3.63, 3.8) is 0 Å². The normalized spacial score (nSPS) is 14.9. The van der Waals surface area contributed by atoms with Crippen LogP contribution in [-0.4, -0.2) is 41.6 Å². The van der Waals surface area contributed by atoms with Crippen LogP contribution in [0.25, 0.3) is 10.9 Å². The van der Waals surface area contributed by atoms with Crippen molar-refractivity contribution < 1.29 is 9.53 Å². The molecule has 0 bridgehead atoms. The second kappa shape index (κ2) is 13.2. The Kier molecular flexibility index (Phi) is 9.71. The van der Waals surface area contributed by atoms with Gasteiger partial charge in [0.15, 0.2) is 0 Å². The maximum absolute atomic E-state index is 13.2. The first-order valence-electron chi connectivity index (χ1n) is 13.6. The van der Waals surface area contributed by atoms with Gasteiger partial charge in [-0.05, 0) is 75.5 Å². The lowest BCUT2D eigenvalue weighted by molar-refractivity contribution is 0.0952. The molecule has 1 amide bonds. The fraction of sp³-hybridized carbons (Fsp3) is 0.500. The fourth-order valence-electron chi connectivity index (χ4n) is 5.34. The minimum absolute atomic E-state index is 0.0819. The summed E-state index contributed by atoms with van der Waals surface area (Å²) in [5, 5.41) is 4.67. The zero-order valence-corrected chi connectivity index (χ0v) is 22.5. The van der Waals surface area contributed by atoms with Crippen LogP contribution < -0.4 is 10.1 Å². The number of carbonyl (C=O) groups excluding carboxylic acids is 1. The van der Waals surface area contributed by atoms with Crippen molar-refractivity contribution >= 4 is 28.4 Å². The molecular weight excluding hydrogens is 470 g/mol. The Morgan fingerprint density at radius 3 is 2.64 bits per heavy atom. The van der Waals surface area contributed by atoms with Crippen LogP contribution in [0.2, 0.25) is 5.02 Å². The van der Waals surface area contributed by atoms with Gasteiger partial charge in [0.05, 0.1) is 17.7 Å². The van der Waals surface area contributed by atoms with Crippen LogP contribution in [-0.2, 0) is 13.1 Å². The molecule has 5 nitrogen and oxygen atoms in total. The first kappa shape index (κ1) is 26.6. The van der Waals surface area contributed by atoms with Crippen LogP contribution >= 0.6 is 11.6 Å². The molecule has 2 aromatic carbocycles. The summed E-state index contributed by atoms with van der Waals surface area (Å²) in [5.41, 5.74) is 2.67. The van der Waals surface area contributed by atoms with E-state index in [1.807, 2.05) is 55.6 Å². The first-order chi connectivity index (χ1) is 17.6.